The van der Waals surface area contributed by atoms with E-state index in [0.717, 1.165) is 18.2 Å². The van der Waals surface area contributed by atoms with Gasteiger partial charge in [-0.2, -0.15) is 5.26 Å². The molecule has 0 radical (unpaired) electrons. The summed E-state index contributed by atoms with van der Waals surface area (Å²) in [7, 11) is 4.23. The van der Waals surface area contributed by atoms with Gasteiger partial charge in [0, 0.05) is 45.5 Å². The van der Waals surface area contributed by atoms with Crippen molar-refractivity contribution in [3.8, 4) is 6.07 Å². The molecule has 1 aromatic heterocycles. The van der Waals surface area contributed by atoms with Gasteiger partial charge in [-0.1, -0.05) is 6.42 Å². The van der Waals surface area contributed by atoms with E-state index in [1.807, 2.05) is 17.7 Å². The zero-order valence-electron chi connectivity index (χ0n) is 12.5. The lowest BCUT2D eigenvalue weighted by Gasteiger charge is -2.29. The molecule has 2 aliphatic heterocycles. The third kappa shape index (κ3) is 2.74. The first kappa shape index (κ1) is 13.7. The van der Waals surface area contributed by atoms with Gasteiger partial charge >= 0.3 is 0 Å². The molecule has 2 saturated heterocycles. The molecule has 0 amide bonds. The Morgan fingerprint density at radius 2 is 2.10 bits per heavy atom. The van der Waals surface area contributed by atoms with Crippen LogP contribution < -0.4 is 0 Å². The minimum absolute atomic E-state index is 0.710. The summed E-state index contributed by atoms with van der Waals surface area (Å²) in [5.41, 5.74) is 2.03. The van der Waals surface area contributed by atoms with E-state index in [2.05, 4.69) is 29.1 Å². The van der Waals surface area contributed by atoms with Crippen molar-refractivity contribution in [3.05, 3.63) is 23.5 Å². The van der Waals surface area contributed by atoms with E-state index in [1.165, 1.54) is 44.5 Å². The topological polar surface area (TPSA) is 35.2 Å². The molecule has 0 saturated carbocycles. The summed E-state index contributed by atoms with van der Waals surface area (Å²) in [5.74, 6) is 0.812. The number of rotatable bonds is 2. The number of fused-ring (bicyclic) bond motifs is 3. The average molecular weight is 272 g/mol. The van der Waals surface area contributed by atoms with Crippen LogP contribution in [0.15, 0.2) is 12.3 Å². The number of nitrogens with zero attached hydrogens (tertiary/aromatic N) is 4. The van der Waals surface area contributed by atoms with Crippen LogP contribution in [0.2, 0.25) is 0 Å². The summed E-state index contributed by atoms with van der Waals surface area (Å²) in [6.45, 7) is 4.61. The molecule has 4 heteroatoms. The van der Waals surface area contributed by atoms with Crippen molar-refractivity contribution in [1.82, 2.24) is 14.4 Å². The molecule has 2 atom stereocenters. The zero-order valence-corrected chi connectivity index (χ0v) is 12.5. The van der Waals surface area contributed by atoms with Gasteiger partial charge in [-0.15, -0.1) is 0 Å². The molecule has 0 aromatic carbocycles. The summed E-state index contributed by atoms with van der Waals surface area (Å²) in [6.07, 6.45) is 6.19. The summed E-state index contributed by atoms with van der Waals surface area (Å²) in [4.78, 5) is 5.15. The highest BCUT2D eigenvalue weighted by Gasteiger charge is 2.30. The maximum atomic E-state index is 9.06. The van der Waals surface area contributed by atoms with Gasteiger partial charge in [-0.3, -0.25) is 4.90 Å². The number of likely N-dealkylation sites (N-methyl/N-ethyl adjacent to an activating group) is 1. The molecule has 0 spiro atoms. The monoisotopic (exact) mass is 272 g/mol. The quantitative estimate of drug-likeness (QED) is 0.823. The van der Waals surface area contributed by atoms with Crippen LogP contribution in [0.5, 0.6) is 0 Å². The Kier molecular flexibility index (Phi) is 3.82. The van der Waals surface area contributed by atoms with E-state index in [1.54, 1.807) is 0 Å². The lowest BCUT2D eigenvalue weighted by atomic mass is 9.99. The number of nitriles is 1. The summed E-state index contributed by atoms with van der Waals surface area (Å²) >= 11 is 0. The van der Waals surface area contributed by atoms with Crippen molar-refractivity contribution in [2.45, 2.75) is 31.8 Å². The third-order valence-corrected chi connectivity index (χ3v) is 4.89. The van der Waals surface area contributed by atoms with E-state index in [0.29, 0.717) is 6.04 Å². The molecular weight excluding hydrogens is 248 g/mol. The Bertz CT molecular complexity index is 513. The number of hydrogen-bond acceptors (Lipinski definition) is 3. The first-order valence-corrected chi connectivity index (χ1v) is 7.63. The molecule has 0 N–H and O–H groups in total. The molecule has 1 aromatic rings. The van der Waals surface area contributed by atoms with Crippen molar-refractivity contribution >= 4 is 0 Å². The molecule has 3 heterocycles. The van der Waals surface area contributed by atoms with Crippen LogP contribution in [0.25, 0.3) is 0 Å². The van der Waals surface area contributed by atoms with E-state index in [-0.39, 0.29) is 0 Å². The van der Waals surface area contributed by atoms with E-state index in [9.17, 15) is 0 Å². The van der Waals surface area contributed by atoms with E-state index >= 15 is 0 Å². The van der Waals surface area contributed by atoms with Gasteiger partial charge in [0.2, 0.25) is 0 Å². The Morgan fingerprint density at radius 1 is 1.25 bits per heavy atom. The van der Waals surface area contributed by atoms with Crippen LogP contribution in [-0.2, 0) is 13.6 Å². The molecule has 4 nitrogen and oxygen atoms in total. The SMILES string of the molecule is CN1C[C@@H]2CCC[C@H]1CN(Cc1cc(C#N)n(C)c1)C2. The van der Waals surface area contributed by atoms with Gasteiger partial charge in [0.05, 0.1) is 0 Å². The Balaban J connectivity index is 1.72. The van der Waals surface area contributed by atoms with Crippen molar-refractivity contribution in [2.24, 2.45) is 13.0 Å². The van der Waals surface area contributed by atoms with Crippen LogP contribution in [0.4, 0.5) is 0 Å². The standard InChI is InChI=1S/C16H24N4/c1-18-8-13-4-3-5-15(18)12-20(10-13)11-14-6-16(7-17)19(2)9-14/h6,9,13,15H,3-5,8,10-12H2,1-2H3/t13-,15-/m0/s1. The minimum Gasteiger partial charge on any atom is -0.342 e. The highest BCUT2D eigenvalue weighted by atomic mass is 15.2. The second-order valence-electron chi connectivity index (χ2n) is 6.54. The Labute approximate surface area is 121 Å². The fourth-order valence-corrected chi connectivity index (χ4v) is 3.85. The highest BCUT2D eigenvalue weighted by molar-refractivity contribution is 5.28. The van der Waals surface area contributed by atoms with Gasteiger partial charge in [0.15, 0.2) is 0 Å². The van der Waals surface area contributed by atoms with Crippen molar-refractivity contribution in [1.29, 1.82) is 5.26 Å². The first-order valence-electron chi connectivity index (χ1n) is 7.63. The lowest BCUT2D eigenvalue weighted by molar-refractivity contribution is 0.187. The maximum Gasteiger partial charge on any atom is 0.120 e. The zero-order chi connectivity index (χ0) is 14.1. The molecule has 0 unspecified atom stereocenters. The molecule has 2 fully saturated rings. The van der Waals surface area contributed by atoms with Crippen LogP contribution in [-0.4, -0.2) is 47.1 Å². The van der Waals surface area contributed by atoms with E-state index < -0.39 is 0 Å². The Hall–Kier alpha value is -1.31. The van der Waals surface area contributed by atoms with Gasteiger partial charge in [-0.25, -0.2) is 0 Å². The summed E-state index contributed by atoms with van der Waals surface area (Å²) < 4.78 is 1.93. The molecule has 2 bridgehead atoms. The smallest absolute Gasteiger partial charge is 0.120 e. The molecule has 20 heavy (non-hydrogen) atoms. The summed E-state index contributed by atoms with van der Waals surface area (Å²) in [6, 6.07) is 4.99. The number of aryl methyl sites for hydroxylation is 1. The number of aromatic nitrogens is 1. The largest absolute Gasteiger partial charge is 0.342 e. The molecular formula is C16H24N4. The minimum atomic E-state index is 0.710. The highest BCUT2D eigenvalue weighted by Crippen LogP contribution is 2.26. The average Bonchev–Trinajstić information content (AvgIpc) is 2.54. The van der Waals surface area contributed by atoms with Gasteiger partial charge in [0.25, 0.3) is 0 Å². The van der Waals surface area contributed by atoms with Crippen LogP contribution in [0.3, 0.4) is 0 Å². The number of hydrogen-bond donors (Lipinski definition) is 0. The van der Waals surface area contributed by atoms with Crippen molar-refractivity contribution in [3.63, 3.8) is 0 Å². The fraction of sp³-hybridized carbons (Fsp3) is 0.688. The van der Waals surface area contributed by atoms with Crippen LogP contribution in [0, 0.1) is 17.2 Å². The van der Waals surface area contributed by atoms with Gasteiger partial charge in [-0.05, 0) is 37.4 Å². The predicted octanol–water partition coefficient (Wildman–Crippen LogP) is 1.81. The molecule has 3 rings (SSSR count). The second kappa shape index (κ2) is 5.59. The first-order chi connectivity index (χ1) is 9.65. The van der Waals surface area contributed by atoms with Gasteiger partial charge in [0.1, 0.15) is 11.8 Å². The summed E-state index contributed by atoms with van der Waals surface area (Å²) in [5, 5.41) is 9.06. The molecule has 108 valence electrons. The fourth-order valence-electron chi connectivity index (χ4n) is 3.85. The molecule has 0 aliphatic carbocycles. The van der Waals surface area contributed by atoms with Crippen LogP contribution in [0.1, 0.15) is 30.5 Å². The molecule has 2 aliphatic rings. The van der Waals surface area contributed by atoms with E-state index in [4.69, 9.17) is 5.26 Å². The van der Waals surface area contributed by atoms with Crippen molar-refractivity contribution < 1.29 is 0 Å². The lowest BCUT2D eigenvalue weighted by Crippen LogP contribution is -2.38. The maximum absolute atomic E-state index is 9.06. The number of likely N-dealkylation sites (tertiary alicyclic amines) is 1. The third-order valence-electron chi connectivity index (χ3n) is 4.89. The second-order valence-corrected chi connectivity index (χ2v) is 6.54. The van der Waals surface area contributed by atoms with Gasteiger partial charge < -0.3 is 9.47 Å². The van der Waals surface area contributed by atoms with Crippen molar-refractivity contribution in [2.75, 3.05) is 26.7 Å². The predicted molar refractivity (Wildman–Crippen MR) is 79.2 cm³/mol. The van der Waals surface area contributed by atoms with Crippen LogP contribution >= 0.6 is 0 Å². The normalized spacial score (nSPS) is 28.1. The Morgan fingerprint density at radius 3 is 2.85 bits per heavy atom.